The first-order chi connectivity index (χ1) is 32.1. The van der Waals surface area contributed by atoms with E-state index in [0.717, 1.165) is 4.90 Å². The quantitative estimate of drug-likeness (QED) is 0.0335. The Bertz CT molecular complexity index is 1860. The molecule has 0 unspecified atom stereocenters. The number of nitrogens with zero attached hydrogens (tertiary/aromatic N) is 1. The van der Waals surface area contributed by atoms with Gasteiger partial charge in [-0.25, -0.2) is 4.79 Å². The van der Waals surface area contributed by atoms with Crippen molar-refractivity contribution in [1.29, 1.82) is 0 Å². The Morgan fingerprint density at radius 3 is 1.69 bits per heavy atom. The first-order valence-electron chi connectivity index (χ1n) is 22.8. The number of likely N-dealkylation sites (tertiary alicyclic amines) is 1. The highest BCUT2D eigenvalue weighted by Gasteiger charge is 2.41. The van der Waals surface area contributed by atoms with Crippen LogP contribution in [0.4, 0.5) is 0 Å². The fourth-order valence-electron chi connectivity index (χ4n) is 7.29. The van der Waals surface area contributed by atoms with Gasteiger partial charge in [-0.3, -0.25) is 38.4 Å². The molecule has 1 aromatic carbocycles. The Hall–Kier alpha value is -5.79. The molecule has 0 aromatic heterocycles. The molecular weight excluding hydrogens is 893 g/mol. The number of aliphatic carboxylic acids is 1. The number of hydrogen-bond acceptors (Lipinski definition) is 15. The second-order valence-corrected chi connectivity index (χ2v) is 17.5. The third kappa shape index (κ3) is 18.4. The molecule has 1 saturated heterocycles. The number of nitrogens with two attached hydrogens (primary N) is 2. The summed E-state index contributed by atoms with van der Waals surface area (Å²) in [5, 5.41) is 67.1. The maximum Gasteiger partial charge on any atom is 0.326 e. The minimum absolute atomic E-state index is 0.0250. The molecule has 1 fully saturated rings. The fraction of sp³-hybridized carbons (Fsp3) is 0.659. The van der Waals surface area contributed by atoms with E-state index < -0.39 is 139 Å². The van der Waals surface area contributed by atoms with Crippen molar-refractivity contribution in [2.45, 2.75) is 140 Å². The van der Waals surface area contributed by atoms with Gasteiger partial charge < -0.3 is 79.1 Å². The number of aliphatic hydroxyl groups is 4. The van der Waals surface area contributed by atoms with Gasteiger partial charge in [0.25, 0.3) is 0 Å². The summed E-state index contributed by atoms with van der Waals surface area (Å²) in [6.07, 6.45) is -0.285. The lowest BCUT2D eigenvalue weighted by atomic mass is 10.0. The number of unbranched alkanes of at least 4 members (excludes halogenated alkanes) is 1. The van der Waals surface area contributed by atoms with Crippen LogP contribution < -0.4 is 48.7 Å². The van der Waals surface area contributed by atoms with Crippen molar-refractivity contribution in [2.75, 3.05) is 32.9 Å². The average Bonchev–Trinajstić information content (AvgIpc) is 3.79. The van der Waals surface area contributed by atoms with E-state index in [1.54, 1.807) is 44.2 Å². The Morgan fingerprint density at radius 2 is 1.18 bits per heavy atom. The third-order valence-corrected chi connectivity index (χ3v) is 11.1. The monoisotopic (exact) mass is 965 g/mol. The minimum atomic E-state index is -1.71. The lowest BCUT2D eigenvalue weighted by Crippen LogP contribution is -2.62. The number of nitrogens with one attached hydrogen (secondary N) is 7. The molecule has 8 amide bonds. The van der Waals surface area contributed by atoms with Gasteiger partial charge in [0.2, 0.25) is 47.3 Å². The molecule has 0 radical (unpaired) electrons. The number of carboxylic acid groups (broad SMARTS) is 1. The smallest absolute Gasteiger partial charge is 0.326 e. The van der Waals surface area contributed by atoms with Crippen LogP contribution in [0.2, 0.25) is 0 Å². The number of carbonyl (C=O) groups is 9. The zero-order valence-corrected chi connectivity index (χ0v) is 39.3. The van der Waals surface area contributed by atoms with Crippen LogP contribution in [0.25, 0.3) is 0 Å². The molecule has 68 heavy (non-hydrogen) atoms. The van der Waals surface area contributed by atoms with Crippen molar-refractivity contribution < 1.29 is 68.7 Å². The highest BCUT2D eigenvalue weighted by atomic mass is 16.4. The molecule has 16 N–H and O–H groups in total. The average molecular weight is 965 g/mol. The summed E-state index contributed by atoms with van der Waals surface area (Å²) in [6.45, 7) is 5.56. The van der Waals surface area contributed by atoms with Crippen molar-refractivity contribution in [3.63, 3.8) is 0 Å². The van der Waals surface area contributed by atoms with Crippen molar-refractivity contribution in [3.8, 4) is 0 Å². The van der Waals surface area contributed by atoms with Crippen LogP contribution in [-0.2, 0) is 49.6 Å². The minimum Gasteiger partial charge on any atom is -0.480 e. The number of amides is 8. The van der Waals surface area contributed by atoms with Gasteiger partial charge in [0.15, 0.2) is 0 Å². The molecule has 1 heterocycles. The highest BCUT2D eigenvalue weighted by Crippen LogP contribution is 2.20. The molecule has 0 aliphatic carbocycles. The molecule has 1 aliphatic heterocycles. The van der Waals surface area contributed by atoms with Gasteiger partial charge in [0.05, 0.1) is 32.0 Å². The van der Waals surface area contributed by atoms with Gasteiger partial charge in [-0.05, 0) is 69.4 Å². The van der Waals surface area contributed by atoms with E-state index in [9.17, 15) is 68.7 Å². The van der Waals surface area contributed by atoms with E-state index >= 15 is 0 Å². The van der Waals surface area contributed by atoms with Crippen LogP contribution in [0.15, 0.2) is 30.3 Å². The molecule has 10 atom stereocenters. The normalized spacial score (nSPS) is 17.5. The number of carbonyl (C=O) groups excluding carboxylic acids is 8. The van der Waals surface area contributed by atoms with Gasteiger partial charge in [-0.15, -0.1) is 0 Å². The summed E-state index contributed by atoms with van der Waals surface area (Å²) in [5.41, 5.74) is 12.1. The van der Waals surface area contributed by atoms with Crippen LogP contribution in [-0.4, -0.2) is 177 Å². The number of aliphatic hydroxyl groups excluding tert-OH is 4. The molecule has 24 nitrogen and oxygen atoms in total. The van der Waals surface area contributed by atoms with Crippen LogP contribution in [0, 0.1) is 11.8 Å². The Kier molecular flexibility index (Phi) is 25.0. The lowest BCUT2D eigenvalue weighted by Gasteiger charge is -2.31. The van der Waals surface area contributed by atoms with Crippen molar-refractivity contribution in [3.05, 3.63) is 35.9 Å². The Labute approximate surface area is 395 Å². The summed E-state index contributed by atoms with van der Waals surface area (Å²) in [6, 6.07) is -4.39. The highest BCUT2D eigenvalue weighted by molar-refractivity contribution is 5.98. The van der Waals surface area contributed by atoms with E-state index in [1.165, 1.54) is 6.92 Å². The molecule has 0 bridgehead atoms. The number of rotatable bonds is 29. The SMILES string of the molecule is CC(C)C[C@H](N)C(=O)N[C@@H](CO)C(=O)N[C@@H](CO)C(=O)N1CCC[C@H]1C(=O)N[C@H](C(=O)N[C@H](C(=O)N[C@@H](CCCCN)C(=O)N[C@@H](CO)C(=O)N[C@@H](Cc1ccccc1)C(=O)O)[C@@H](C)O)C(C)C. The van der Waals surface area contributed by atoms with Gasteiger partial charge >= 0.3 is 5.97 Å². The summed E-state index contributed by atoms with van der Waals surface area (Å²) >= 11 is 0. The predicted octanol–water partition coefficient (Wildman–Crippen LogP) is -4.79. The van der Waals surface area contributed by atoms with Crippen LogP contribution in [0.5, 0.6) is 0 Å². The maximum absolute atomic E-state index is 13.8. The number of hydrogen-bond donors (Lipinski definition) is 14. The Balaban J connectivity index is 2.19. The van der Waals surface area contributed by atoms with E-state index in [0.29, 0.717) is 24.8 Å². The molecule has 0 spiro atoms. The van der Waals surface area contributed by atoms with Gasteiger partial charge in [0, 0.05) is 13.0 Å². The Morgan fingerprint density at radius 1 is 0.662 bits per heavy atom. The predicted molar refractivity (Wildman–Crippen MR) is 244 cm³/mol. The second-order valence-electron chi connectivity index (χ2n) is 17.5. The summed E-state index contributed by atoms with van der Waals surface area (Å²) in [7, 11) is 0. The molecule has 1 aliphatic rings. The van der Waals surface area contributed by atoms with E-state index in [2.05, 4.69) is 37.2 Å². The lowest BCUT2D eigenvalue weighted by molar-refractivity contribution is -0.143. The molecule has 382 valence electrons. The van der Waals surface area contributed by atoms with E-state index in [4.69, 9.17) is 11.5 Å². The van der Waals surface area contributed by atoms with Gasteiger partial charge in [-0.1, -0.05) is 58.0 Å². The molecule has 1 aromatic rings. The maximum atomic E-state index is 13.8. The first kappa shape index (κ1) is 58.3. The summed E-state index contributed by atoms with van der Waals surface area (Å²) in [5.74, 6) is -9.26. The van der Waals surface area contributed by atoms with Crippen molar-refractivity contribution >= 4 is 53.2 Å². The van der Waals surface area contributed by atoms with Gasteiger partial charge in [-0.2, -0.15) is 0 Å². The zero-order valence-electron chi connectivity index (χ0n) is 39.3. The van der Waals surface area contributed by atoms with Crippen molar-refractivity contribution in [2.24, 2.45) is 23.3 Å². The number of benzene rings is 1. The second kappa shape index (κ2) is 29.2. The topological polar surface area (TPSA) is 394 Å². The summed E-state index contributed by atoms with van der Waals surface area (Å²) in [4.78, 5) is 120. The molecular formula is C44H72N10O14. The van der Waals surface area contributed by atoms with E-state index in [-0.39, 0.29) is 44.7 Å². The largest absolute Gasteiger partial charge is 0.480 e. The fourth-order valence-corrected chi connectivity index (χ4v) is 7.29. The first-order valence-corrected chi connectivity index (χ1v) is 22.8. The van der Waals surface area contributed by atoms with Crippen LogP contribution in [0.3, 0.4) is 0 Å². The van der Waals surface area contributed by atoms with Crippen LogP contribution in [0.1, 0.15) is 78.7 Å². The van der Waals surface area contributed by atoms with E-state index in [1.807, 2.05) is 13.8 Å². The summed E-state index contributed by atoms with van der Waals surface area (Å²) < 4.78 is 0. The molecule has 24 heteroatoms. The zero-order chi connectivity index (χ0) is 51.2. The molecule has 2 rings (SSSR count). The third-order valence-electron chi connectivity index (χ3n) is 11.1. The number of carboxylic acids is 1. The standard InChI is InChI=1S/C44H72N10O14/c1-23(2)18-27(46)36(59)49-30(20-55)39(62)51-32(22-57)43(66)54-17-11-15-33(54)40(63)52-34(24(3)4)41(64)53-35(25(5)58)42(65)47-28(14-9-10-16-45)37(60)50-31(21-56)38(61)48-29(44(67)68)19-26-12-7-6-8-13-26/h6-8,12-13,23-25,27-35,55-58H,9-11,14-22,45-46H2,1-5H3,(H,47,65)(H,48,61)(H,49,59)(H,50,60)(H,51,62)(H,52,63)(H,53,64)(H,67,68)/t25-,27+,28+,29+,30+,31+,32+,33+,34+,35+/m1/s1. The molecule has 0 saturated carbocycles. The van der Waals surface area contributed by atoms with Crippen molar-refractivity contribution in [1.82, 2.24) is 42.1 Å². The van der Waals surface area contributed by atoms with Crippen LogP contribution >= 0.6 is 0 Å². The van der Waals surface area contributed by atoms with Gasteiger partial charge in [0.1, 0.15) is 48.3 Å².